The maximum absolute atomic E-state index is 9.66. The molecule has 0 aliphatic heterocycles. The predicted octanol–water partition coefficient (Wildman–Crippen LogP) is 29.9. The number of hydrogen-bond acceptors (Lipinski definition) is 9. The van der Waals surface area contributed by atoms with E-state index in [1.165, 1.54) is 70.2 Å². The van der Waals surface area contributed by atoms with Crippen molar-refractivity contribution in [1.82, 2.24) is 69.5 Å². The molecule has 0 radical (unpaired) electrons. The van der Waals surface area contributed by atoms with Gasteiger partial charge in [0.15, 0.2) is 0 Å². The van der Waals surface area contributed by atoms with Gasteiger partial charge in [-0.05, 0) is 256 Å². The summed E-state index contributed by atoms with van der Waals surface area (Å²) in [4.78, 5) is 36.2. The van der Waals surface area contributed by atoms with Gasteiger partial charge in [-0.3, -0.25) is 26.4 Å². The molecule has 0 amide bonds. The second-order valence-corrected chi connectivity index (χ2v) is 46.3. The van der Waals surface area contributed by atoms with Gasteiger partial charge in [-0.2, -0.15) is 5.26 Å². The van der Waals surface area contributed by atoms with Crippen LogP contribution in [0.1, 0.15) is 58.2 Å². The summed E-state index contributed by atoms with van der Waals surface area (Å²) in [5, 5.41) is 25.9. The Morgan fingerprint density at radius 3 is 0.664 bits per heavy atom. The van der Waals surface area contributed by atoms with Crippen molar-refractivity contribution in [3.8, 4) is 6.07 Å². The highest BCUT2D eigenvalue weighted by atomic mass is 35.5. The Morgan fingerprint density at radius 1 is 0.243 bits per heavy atom. The first-order chi connectivity index (χ1) is 68.1. The van der Waals surface area contributed by atoms with E-state index >= 15 is 0 Å². The molecule has 12 heterocycles. The van der Waals surface area contributed by atoms with Crippen LogP contribution in [0.4, 0.5) is 34.1 Å². The fourth-order valence-corrected chi connectivity index (χ4v) is 23.7. The highest BCUT2D eigenvalue weighted by molar-refractivity contribution is 6.88. The Labute approximate surface area is 804 Å². The molecule has 0 unspecified atom stereocenters. The van der Waals surface area contributed by atoms with Crippen LogP contribution < -0.4 is 15.0 Å². The second kappa shape index (κ2) is 28.6. The topological polar surface area (TPSA) is 147 Å². The molecule has 0 atom stereocenters. The summed E-state index contributed by atoms with van der Waals surface area (Å²) < 4.78 is 20.4. The fourth-order valence-electron chi connectivity index (χ4n) is 22.3. The molecule has 140 heavy (non-hydrogen) atoms. The van der Waals surface area contributed by atoms with Crippen LogP contribution in [0.5, 0.6) is 0 Å². The van der Waals surface area contributed by atoms with Crippen molar-refractivity contribution in [2.75, 3.05) is 9.80 Å². The smallest absolute Gasteiger partial charge is 0.223 e. The molecule has 12 aromatic heterocycles. The highest BCUT2D eigenvalue weighted by Crippen LogP contribution is 2.48. The van der Waals surface area contributed by atoms with E-state index in [-0.39, 0.29) is 10.8 Å². The number of hydrogen-bond donors (Lipinski definition) is 0. The molecule has 0 fully saturated rings. The van der Waals surface area contributed by atoms with Crippen molar-refractivity contribution in [2.45, 2.75) is 72.0 Å². The van der Waals surface area contributed by atoms with Crippen LogP contribution >= 0.6 is 11.6 Å². The van der Waals surface area contributed by atoms with Crippen LogP contribution in [-0.4, -0.2) is 77.6 Å². The Balaban J connectivity index is 0.000000103. The van der Waals surface area contributed by atoms with Crippen LogP contribution in [0.15, 0.2) is 352 Å². The number of fused-ring (bicyclic) bond motifs is 36. The van der Waals surface area contributed by atoms with E-state index in [2.05, 4.69) is 432 Å². The molecule has 0 saturated carbocycles. The van der Waals surface area contributed by atoms with Gasteiger partial charge in [0.05, 0.1) is 130 Å². The van der Waals surface area contributed by atoms with E-state index in [1.807, 2.05) is 36.4 Å². The van der Waals surface area contributed by atoms with Gasteiger partial charge in [-0.25, -0.2) is 43.1 Å². The first-order valence-electron chi connectivity index (χ1n) is 47.6. The summed E-state index contributed by atoms with van der Waals surface area (Å²) in [5.74, 6) is 5.10. The number of benzene rings is 19. The molecule has 0 spiro atoms. The third kappa shape index (κ3) is 11.7. The number of aromatic nitrogens is 15. The molecule has 18 nitrogen and oxygen atoms in total. The van der Waals surface area contributed by atoms with E-state index in [1.54, 1.807) is 0 Å². The average molecular weight is 1840 g/mol. The van der Waals surface area contributed by atoms with Crippen LogP contribution in [0, 0.1) is 11.3 Å². The summed E-state index contributed by atoms with van der Waals surface area (Å²) in [6.45, 7) is 20.7. The maximum atomic E-state index is 9.66. The van der Waals surface area contributed by atoms with E-state index in [0.29, 0.717) is 10.6 Å². The van der Waals surface area contributed by atoms with Gasteiger partial charge in [-0.15, -0.1) is 0 Å². The molecule has 19 aromatic carbocycles. The third-order valence-corrected chi connectivity index (χ3v) is 31.5. The number of nitrogens with zero attached hydrogens (tertiary/aromatic N) is 18. The second-order valence-electron chi connectivity index (χ2n) is 40.8. The van der Waals surface area contributed by atoms with Crippen molar-refractivity contribution < 1.29 is 0 Å². The van der Waals surface area contributed by atoms with Crippen molar-refractivity contribution in [1.29, 1.82) is 5.26 Å². The Morgan fingerprint density at radius 2 is 0.450 bits per heavy atom. The Bertz CT molecular complexity index is 10200. The standard InChI is InChI=1S/C48H40N6.C44H31N7Si.C28H14ClN5/c1-47(2,3)33-15-19-35(20-16-33)51(36-21-17-34(18-22-36)48(4,5)6)37-27-42-44-43(28-37)53-41-26-32-14-10-8-12-30(32)24-39(41)50-46(53)54(44)45-49-38-23-29-11-7-9-13-31(29)25-40(38)52(42)45;1-52(2,3)35-18-16-33(17-19-35)48(32-14-12-27(26-45)13-15-32)34-24-40-42-41(25-34)50-39-23-31-11-7-5-9-29(31)21-37(39)47-44(50)51(42)43-46-36-20-28-8-4-6-10-30(28)22-38(36)49(40)43;29-19-13-24-26-25(14-19)33-23-12-18-8-4-2-6-16(18)10-21(23)31-28(33)34(26)27-30-20-9-15-5-1-3-7-17(15)11-22(20)32(24)27/h7-28H,1-6H3;4-25H,1-3H3;1-14H. The number of anilines is 6. The van der Waals surface area contributed by atoms with E-state index in [0.717, 1.165) is 195 Å². The first kappa shape index (κ1) is 79.9. The zero-order valence-corrected chi connectivity index (χ0v) is 79.7. The summed E-state index contributed by atoms with van der Waals surface area (Å²) in [6.07, 6.45) is 0. The van der Waals surface area contributed by atoms with Gasteiger partial charge >= 0.3 is 0 Å². The lowest BCUT2D eigenvalue weighted by Gasteiger charge is -2.28. The number of rotatable bonds is 7. The SMILES string of the molecule is CC(C)(C)c1ccc(N(c2ccc(C(C)(C)C)cc2)c2cc3c4c(c2)n2c5cc6ccccc6cc5nc2n4c2nc4cc5ccccc5cc4n32)cc1.C[Si](C)(C)c1ccc(N(c2ccc(C#N)cc2)c2cc3c4c(c2)n2c5cc6ccccc6cc5nc2n4c2nc4cc5ccccc5cc4n32)cc1.Clc1cc2c3c(c1)n1c4cc5ccccc5cc4nc1n3c1nc3cc4ccccc4cc3n21. The highest BCUT2D eigenvalue weighted by Gasteiger charge is 2.33. The molecule has 31 aromatic rings. The van der Waals surface area contributed by atoms with Gasteiger partial charge in [0.1, 0.15) is 16.6 Å². The van der Waals surface area contributed by atoms with Gasteiger partial charge in [0.2, 0.25) is 34.7 Å². The minimum atomic E-state index is -1.52. The van der Waals surface area contributed by atoms with Crippen LogP contribution in [-0.2, 0) is 10.8 Å². The molecule has 31 rings (SSSR count). The minimum absolute atomic E-state index is 0.0484. The molecule has 666 valence electrons. The zero-order chi connectivity index (χ0) is 93.7. The van der Waals surface area contributed by atoms with Gasteiger partial charge in [0.25, 0.3) is 0 Å². The Kier molecular flexibility index (Phi) is 16.3. The molecular weight excluding hydrogens is 1760 g/mol. The van der Waals surface area contributed by atoms with Crippen molar-refractivity contribution in [3.05, 3.63) is 374 Å². The van der Waals surface area contributed by atoms with E-state index < -0.39 is 8.07 Å². The normalized spacial score (nSPS) is 12.8. The van der Waals surface area contributed by atoms with E-state index in [4.69, 9.17) is 41.5 Å². The lowest BCUT2D eigenvalue weighted by molar-refractivity contribution is 0.590. The van der Waals surface area contributed by atoms with Gasteiger partial charge < -0.3 is 9.80 Å². The molecule has 20 heteroatoms. The third-order valence-electron chi connectivity index (χ3n) is 29.2. The summed E-state index contributed by atoms with van der Waals surface area (Å²) in [6, 6.07) is 128. The molecular formula is C120H85ClN18Si. The molecule has 0 aliphatic carbocycles. The van der Waals surface area contributed by atoms with Gasteiger partial charge in [0, 0.05) is 27.8 Å². The minimum Gasteiger partial charge on any atom is -0.310 e. The van der Waals surface area contributed by atoms with Crippen molar-refractivity contribution in [3.63, 3.8) is 0 Å². The zero-order valence-electron chi connectivity index (χ0n) is 77.9. The molecule has 0 bridgehead atoms. The average Bonchev–Trinajstić information content (AvgIpc) is 1.52. The monoisotopic (exact) mass is 1840 g/mol. The molecule has 0 aliphatic rings. The molecule has 0 N–H and O–H groups in total. The lowest BCUT2D eigenvalue weighted by atomic mass is 9.86. The summed E-state index contributed by atoms with van der Waals surface area (Å²) >= 11 is 6.70. The summed E-state index contributed by atoms with van der Waals surface area (Å²) in [7, 11) is -1.52. The van der Waals surface area contributed by atoms with E-state index in [9.17, 15) is 5.26 Å². The largest absolute Gasteiger partial charge is 0.310 e. The number of halogens is 1. The van der Waals surface area contributed by atoms with Crippen LogP contribution in [0.25, 0.3) is 215 Å². The Hall–Kier alpha value is -17.4. The van der Waals surface area contributed by atoms with Gasteiger partial charge in [-0.1, -0.05) is 260 Å². The number of imidazole rings is 12. The first-order valence-corrected chi connectivity index (χ1v) is 51.5. The predicted molar refractivity (Wildman–Crippen MR) is 580 cm³/mol. The fraction of sp³-hybridized carbons (Fsp3) is 0.0917. The quantitative estimate of drug-likeness (QED) is 0.142. The van der Waals surface area contributed by atoms with Crippen LogP contribution in [0.2, 0.25) is 24.7 Å². The number of nitriles is 1. The van der Waals surface area contributed by atoms with Crippen molar-refractivity contribution in [2.24, 2.45) is 0 Å². The van der Waals surface area contributed by atoms with Crippen molar-refractivity contribution >= 4 is 274 Å². The van der Waals surface area contributed by atoms with Crippen LogP contribution in [0.3, 0.4) is 0 Å². The maximum Gasteiger partial charge on any atom is 0.223 e. The lowest BCUT2D eigenvalue weighted by Crippen LogP contribution is -2.37. The summed E-state index contributed by atoms with van der Waals surface area (Å²) in [5.41, 5.74) is 31.5. The molecule has 0 saturated heterocycles.